The second kappa shape index (κ2) is 8.85. The van der Waals surface area contributed by atoms with Crippen LogP contribution in [-0.4, -0.2) is 24.2 Å². The average Bonchev–Trinajstić information content (AvgIpc) is 2.65. The van der Waals surface area contributed by atoms with Crippen LogP contribution in [0.15, 0.2) is 29.2 Å². The van der Waals surface area contributed by atoms with E-state index in [1.807, 2.05) is 0 Å². The number of carbonyl (C=O) groups is 2. The molecule has 0 bridgehead atoms. The molecule has 0 saturated carbocycles. The molecule has 2 aromatic carbocycles. The topological polar surface area (TPSA) is 55.4 Å². The van der Waals surface area contributed by atoms with Gasteiger partial charge in [-0.2, -0.15) is 0 Å². The minimum atomic E-state index is -2.28. The van der Waals surface area contributed by atoms with Crippen molar-refractivity contribution in [2.75, 3.05) is 17.7 Å². The summed E-state index contributed by atoms with van der Waals surface area (Å²) in [5, 5.41) is 2.33. The summed E-state index contributed by atoms with van der Waals surface area (Å²) >= 11 is 0.138. The number of carbonyl (C=O) groups excluding carboxylic acids is 2. The third-order valence-electron chi connectivity index (χ3n) is 3.21. The molecule has 0 radical (unpaired) electrons. The molecular weight excluding hydrogens is 393 g/mol. The van der Waals surface area contributed by atoms with E-state index in [2.05, 4.69) is 5.32 Å². The number of ether oxygens (including phenoxy) is 1. The summed E-state index contributed by atoms with van der Waals surface area (Å²) < 4.78 is 71.4. The third kappa shape index (κ3) is 4.57. The van der Waals surface area contributed by atoms with Gasteiger partial charge in [0, 0.05) is 0 Å². The Morgan fingerprint density at radius 3 is 2.11 bits per heavy atom. The van der Waals surface area contributed by atoms with E-state index in [1.54, 1.807) is 6.92 Å². The number of rotatable bonds is 6. The molecule has 0 atom stereocenters. The normalized spacial score (nSPS) is 10.6. The summed E-state index contributed by atoms with van der Waals surface area (Å²) in [5.74, 6) is -12.7. The number of halogens is 5. The first-order chi connectivity index (χ1) is 12.8. The Labute approximate surface area is 154 Å². The van der Waals surface area contributed by atoms with Crippen LogP contribution in [0.4, 0.5) is 27.6 Å². The van der Waals surface area contributed by atoms with Gasteiger partial charge >= 0.3 is 5.97 Å². The number of amides is 1. The molecule has 0 aliphatic carbocycles. The minimum Gasteiger partial charge on any atom is -0.462 e. The predicted octanol–water partition coefficient (Wildman–Crippen LogP) is 4.29. The number of para-hydroxylation sites is 1. The van der Waals surface area contributed by atoms with E-state index in [-0.39, 0.29) is 29.6 Å². The van der Waals surface area contributed by atoms with Crippen molar-refractivity contribution in [3.8, 4) is 0 Å². The Kier molecular flexibility index (Phi) is 6.78. The van der Waals surface area contributed by atoms with Crippen LogP contribution in [0.5, 0.6) is 0 Å². The van der Waals surface area contributed by atoms with Crippen molar-refractivity contribution in [2.24, 2.45) is 0 Å². The lowest BCUT2D eigenvalue weighted by Gasteiger charge is -2.11. The maximum absolute atomic E-state index is 13.6. The molecule has 144 valence electrons. The summed E-state index contributed by atoms with van der Waals surface area (Å²) in [5.41, 5.74) is 0.132. The molecule has 1 N–H and O–H groups in total. The van der Waals surface area contributed by atoms with Gasteiger partial charge in [0.05, 0.1) is 28.5 Å². The van der Waals surface area contributed by atoms with Crippen molar-refractivity contribution < 1.29 is 36.3 Å². The minimum absolute atomic E-state index is 0.0499. The number of thioether (sulfide) groups is 1. The second-order valence-corrected chi connectivity index (χ2v) is 5.99. The van der Waals surface area contributed by atoms with Crippen LogP contribution in [0.2, 0.25) is 0 Å². The molecule has 1 amide bonds. The summed E-state index contributed by atoms with van der Waals surface area (Å²) in [7, 11) is 0. The molecule has 0 spiro atoms. The van der Waals surface area contributed by atoms with Gasteiger partial charge in [0.2, 0.25) is 11.7 Å². The molecule has 0 aliphatic heterocycles. The first kappa shape index (κ1) is 20.7. The number of anilines is 1. The maximum atomic E-state index is 13.6. The smallest absolute Gasteiger partial charge is 0.340 e. The Hall–Kier alpha value is -2.62. The SMILES string of the molecule is CCOC(=O)c1ccccc1NC(=O)CSc1c(F)c(F)c(F)c(F)c1F. The summed E-state index contributed by atoms with van der Waals surface area (Å²) in [4.78, 5) is 22.6. The fourth-order valence-electron chi connectivity index (χ4n) is 2.01. The number of benzene rings is 2. The Morgan fingerprint density at radius 1 is 0.963 bits per heavy atom. The van der Waals surface area contributed by atoms with Crippen LogP contribution in [0, 0.1) is 29.1 Å². The van der Waals surface area contributed by atoms with Crippen LogP contribution in [0.3, 0.4) is 0 Å². The highest BCUT2D eigenvalue weighted by Gasteiger charge is 2.26. The average molecular weight is 405 g/mol. The zero-order chi connectivity index (χ0) is 20.1. The van der Waals surface area contributed by atoms with Crippen LogP contribution in [0.1, 0.15) is 17.3 Å². The molecule has 10 heteroatoms. The van der Waals surface area contributed by atoms with Crippen molar-refractivity contribution in [3.05, 3.63) is 58.9 Å². The molecule has 2 rings (SSSR count). The monoisotopic (exact) mass is 405 g/mol. The van der Waals surface area contributed by atoms with Gasteiger partial charge in [-0.15, -0.1) is 11.8 Å². The highest BCUT2D eigenvalue weighted by Crippen LogP contribution is 2.31. The predicted molar refractivity (Wildman–Crippen MR) is 88.0 cm³/mol. The van der Waals surface area contributed by atoms with Crippen molar-refractivity contribution in [3.63, 3.8) is 0 Å². The van der Waals surface area contributed by atoms with Gasteiger partial charge in [-0.1, -0.05) is 12.1 Å². The van der Waals surface area contributed by atoms with Gasteiger partial charge in [-0.05, 0) is 19.1 Å². The van der Waals surface area contributed by atoms with E-state index in [0.717, 1.165) is 0 Å². The summed E-state index contributed by atoms with van der Waals surface area (Å²) in [6.45, 7) is 1.71. The molecule has 0 saturated heterocycles. The standard InChI is InChI=1S/C17H12F5NO3S/c1-2-26-17(25)8-5-3-4-6-9(8)23-10(24)7-27-16-14(21)12(19)11(18)13(20)15(16)22/h3-6H,2,7H2,1H3,(H,23,24). The molecule has 27 heavy (non-hydrogen) atoms. The second-order valence-electron chi connectivity index (χ2n) is 5.00. The van der Waals surface area contributed by atoms with Gasteiger partial charge in [0.25, 0.3) is 0 Å². The van der Waals surface area contributed by atoms with E-state index < -0.39 is 51.6 Å². The number of hydrogen-bond donors (Lipinski definition) is 1. The molecule has 0 fully saturated rings. The number of nitrogens with one attached hydrogen (secondary N) is 1. The highest BCUT2D eigenvalue weighted by atomic mass is 32.2. The van der Waals surface area contributed by atoms with Crippen molar-refractivity contribution >= 4 is 29.3 Å². The van der Waals surface area contributed by atoms with Crippen LogP contribution >= 0.6 is 11.8 Å². The summed E-state index contributed by atoms with van der Waals surface area (Å²) in [6, 6.07) is 5.85. The van der Waals surface area contributed by atoms with Crippen molar-refractivity contribution in [2.45, 2.75) is 11.8 Å². The van der Waals surface area contributed by atoms with E-state index >= 15 is 0 Å². The first-order valence-corrected chi connectivity index (χ1v) is 8.46. The van der Waals surface area contributed by atoms with Crippen LogP contribution in [-0.2, 0) is 9.53 Å². The maximum Gasteiger partial charge on any atom is 0.340 e. The highest BCUT2D eigenvalue weighted by molar-refractivity contribution is 8.00. The lowest BCUT2D eigenvalue weighted by molar-refractivity contribution is -0.113. The van der Waals surface area contributed by atoms with Crippen molar-refractivity contribution in [1.82, 2.24) is 0 Å². The van der Waals surface area contributed by atoms with Crippen molar-refractivity contribution in [1.29, 1.82) is 0 Å². The summed E-state index contributed by atoms with van der Waals surface area (Å²) in [6.07, 6.45) is 0. The zero-order valence-electron chi connectivity index (χ0n) is 13.7. The largest absolute Gasteiger partial charge is 0.462 e. The lowest BCUT2D eigenvalue weighted by atomic mass is 10.2. The van der Waals surface area contributed by atoms with E-state index in [4.69, 9.17) is 4.74 Å². The molecule has 0 aliphatic rings. The molecular formula is C17H12F5NO3S. The van der Waals surface area contributed by atoms with Gasteiger partial charge in [0.1, 0.15) is 0 Å². The van der Waals surface area contributed by atoms with Gasteiger partial charge < -0.3 is 10.1 Å². The van der Waals surface area contributed by atoms with E-state index in [1.165, 1.54) is 24.3 Å². The molecule has 4 nitrogen and oxygen atoms in total. The zero-order valence-corrected chi connectivity index (χ0v) is 14.6. The third-order valence-corrected chi connectivity index (χ3v) is 4.27. The molecule has 0 unspecified atom stereocenters. The fourth-order valence-corrected chi connectivity index (χ4v) is 2.79. The Bertz CT molecular complexity index is 862. The first-order valence-electron chi connectivity index (χ1n) is 7.48. The lowest BCUT2D eigenvalue weighted by Crippen LogP contribution is -2.18. The Morgan fingerprint density at radius 2 is 1.52 bits per heavy atom. The molecule has 2 aromatic rings. The van der Waals surface area contributed by atoms with E-state index in [9.17, 15) is 31.5 Å². The Balaban J connectivity index is 2.14. The molecule has 0 aromatic heterocycles. The van der Waals surface area contributed by atoms with E-state index in [0.29, 0.717) is 0 Å². The van der Waals surface area contributed by atoms with Crippen LogP contribution < -0.4 is 5.32 Å². The fraction of sp³-hybridized carbons (Fsp3) is 0.176. The quantitative estimate of drug-likeness (QED) is 0.256. The number of esters is 1. The van der Waals surface area contributed by atoms with Crippen LogP contribution in [0.25, 0.3) is 0 Å². The van der Waals surface area contributed by atoms with Gasteiger partial charge in [-0.25, -0.2) is 26.7 Å². The van der Waals surface area contributed by atoms with Gasteiger partial charge in [0.15, 0.2) is 23.3 Å². The number of hydrogen-bond acceptors (Lipinski definition) is 4. The molecule has 0 heterocycles. The van der Waals surface area contributed by atoms with Gasteiger partial charge in [-0.3, -0.25) is 4.79 Å².